The second-order valence-electron chi connectivity index (χ2n) is 18.2. The molecule has 1 heterocycles. The van der Waals surface area contributed by atoms with E-state index in [1.807, 2.05) is 65.5 Å². The van der Waals surface area contributed by atoms with Gasteiger partial charge in [0.2, 0.25) is 18.0 Å². The van der Waals surface area contributed by atoms with E-state index in [2.05, 4.69) is 29.2 Å². The highest BCUT2D eigenvalue weighted by molar-refractivity contribution is 7.20. The third kappa shape index (κ3) is 13.6. The molecule has 3 nitrogen and oxygen atoms in total. The third-order valence-electron chi connectivity index (χ3n) is 12.7. The van der Waals surface area contributed by atoms with Crippen LogP contribution in [0, 0.1) is 0 Å². The van der Waals surface area contributed by atoms with E-state index in [1.165, 1.54) is 11.1 Å². The Morgan fingerprint density at radius 2 is 0.622 bits per heavy atom. The van der Waals surface area contributed by atoms with Crippen LogP contribution in [0.4, 0.5) is 105 Å². The summed E-state index contributed by atoms with van der Waals surface area (Å²) in [4.78, 5) is 16.8. The van der Waals surface area contributed by atoms with Gasteiger partial charge < -0.3 is 0 Å². The van der Waals surface area contributed by atoms with Crippen LogP contribution in [-0.2, 0) is 56.0 Å². The van der Waals surface area contributed by atoms with Gasteiger partial charge in [0.15, 0.2) is 6.20 Å². The van der Waals surface area contributed by atoms with Crippen LogP contribution < -0.4 is 26.4 Å². The van der Waals surface area contributed by atoms with E-state index in [-0.39, 0.29) is 12.3 Å². The van der Waals surface area contributed by atoms with E-state index in [4.69, 9.17) is 0 Å². The van der Waals surface area contributed by atoms with Gasteiger partial charge in [-0.15, -0.1) is 0 Å². The fourth-order valence-corrected chi connectivity index (χ4v) is 9.07. The maximum atomic E-state index is 14.2. The molecule has 0 fully saturated rings. The summed E-state index contributed by atoms with van der Waals surface area (Å²) in [6, 6.07) is 15.1. The van der Waals surface area contributed by atoms with Gasteiger partial charge in [-0.3, -0.25) is 9.78 Å². The standard InChI is InChI=1S/C32H12BF24.C22H17N2O/c34-25(35,36)13-1-14(26(37,38)39)6-21(5-13)33(22-7-15(27(40,41)42)2-16(8-22)28(43,44)45,23-9-17(29(46,47)48)3-18(10-23)30(49,50)51)24-11-19(31(52,53)54)4-20(12-24)32(55,56)57;25-22(17-7-3-1-4-8-17)16-24-12-11-23-15-21(24)20-13-18-9-5-2-6-10-19(18)14-20/h1-12H;1-15H,16H2/q-1;+1. The van der Waals surface area contributed by atoms with Crippen molar-refractivity contribution in [3.05, 3.63) is 214 Å². The van der Waals surface area contributed by atoms with Gasteiger partial charge in [-0.1, -0.05) is 109 Å². The highest BCUT2D eigenvalue weighted by Crippen LogP contribution is 2.42. The Bertz CT molecular complexity index is 3120. The van der Waals surface area contributed by atoms with Crippen molar-refractivity contribution in [3.63, 3.8) is 0 Å². The Morgan fingerprint density at radius 3 is 0.890 bits per heavy atom. The molecule has 0 spiro atoms. The number of nitrogens with zero attached hydrogens (tertiary/aromatic N) is 2. The quantitative estimate of drug-likeness (QED) is 0.0658. The fourth-order valence-electron chi connectivity index (χ4n) is 9.07. The van der Waals surface area contributed by atoms with Crippen molar-refractivity contribution in [1.82, 2.24) is 4.98 Å². The van der Waals surface area contributed by atoms with E-state index in [0.717, 1.165) is 16.8 Å². The Balaban J connectivity index is 0.000000318. The zero-order valence-corrected chi connectivity index (χ0v) is 40.2. The summed E-state index contributed by atoms with van der Waals surface area (Å²) in [7, 11) is 0. The second-order valence-corrected chi connectivity index (χ2v) is 18.2. The zero-order chi connectivity index (χ0) is 61.0. The molecular formula is C54H29BF24N2O. The van der Waals surface area contributed by atoms with Crippen LogP contribution in [-0.4, -0.2) is 16.9 Å². The number of halogens is 24. The lowest BCUT2D eigenvalue weighted by Crippen LogP contribution is -2.75. The predicted molar refractivity (Wildman–Crippen MR) is 247 cm³/mol. The Hall–Kier alpha value is -8.07. The molecule has 6 aromatic rings. The van der Waals surface area contributed by atoms with E-state index < -0.39 is 195 Å². The molecule has 0 bridgehead atoms. The van der Waals surface area contributed by atoms with E-state index in [0.29, 0.717) is 0 Å². The second kappa shape index (κ2) is 21.7. The average molecular weight is 1190 g/mol. The van der Waals surface area contributed by atoms with Crippen molar-refractivity contribution in [3.8, 4) is 22.4 Å². The summed E-state index contributed by atoms with van der Waals surface area (Å²) < 4.78 is 343. The number of carbonyl (C=O) groups is 1. The van der Waals surface area contributed by atoms with Gasteiger partial charge in [0.1, 0.15) is 6.15 Å². The molecule has 82 heavy (non-hydrogen) atoms. The van der Waals surface area contributed by atoms with E-state index in [9.17, 15) is 110 Å². The number of hydrogen-bond donors (Lipinski definition) is 0. The molecule has 0 saturated heterocycles. The first kappa shape index (κ1) is 61.6. The molecule has 5 aromatic carbocycles. The lowest BCUT2D eigenvalue weighted by molar-refractivity contribution is -0.672. The van der Waals surface area contributed by atoms with Crippen molar-refractivity contribution in [2.75, 3.05) is 0 Å². The summed E-state index contributed by atoms with van der Waals surface area (Å²) >= 11 is 0. The van der Waals surface area contributed by atoms with Crippen molar-refractivity contribution < 1.29 is 115 Å². The monoisotopic (exact) mass is 1190 g/mol. The van der Waals surface area contributed by atoms with Crippen LogP contribution in [0.15, 0.2) is 164 Å². The first-order valence-electron chi connectivity index (χ1n) is 22.8. The minimum atomic E-state index is -6.13. The van der Waals surface area contributed by atoms with Crippen LogP contribution in [0.2, 0.25) is 0 Å². The highest BCUT2D eigenvalue weighted by atomic mass is 19.4. The number of hydrogen-bond acceptors (Lipinski definition) is 2. The minimum Gasteiger partial charge on any atom is -0.287 e. The molecule has 0 aliphatic heterocycles. The Labute approximate surface area is 445 Å². The number of carbonyl (C=O) groups excluding carboxylic acids is 1. The maximum absolute atomic E-state index is 14.2. The van der Waals surface area contributed by atoms with Gasteiger partial charge in [0.05, 0.1) is 56.9 Å². The van der Waals surface area contributed by atoms with Crippen LogP contribution in [0.3, 0.4) is 0 Å². The van der Waals surface area contributed by atoms with Gasteiger partial charge in [-0.25, -0.2) is 0 Å². The lowest BCUT2D eigenvalue weighted by Gasteiger charge is -2.46. The van der Waals surface area contributed by atoms with Gasteiger partial charge in [-0.05, 0) is 47.5 Å². The van der Waals surface area contributed by atoms with Gasteiger partial charge in [-0.2, -0.15) is 132 Å². The van der Waals surface area contributed by atoms with Crippen molar-refractivity contribution in [2.45, 2.75) is 56.0 Å². The summed E-state index contributed by atoms with van der Waals surface area (Å²) in [5, 5.41) is 0. The molecular weight excluding hydrogens is 1160 g/mol. The predicted octanol–water partition coefficient (Wildman–Crippen LogP) is 15.2. The third-order valence-corrected chi connectivity index (χ3v) is 12.7. The van der Waals surface area contributed by atoms with Crippen molar-refractivity contribution >= 4 is 33.8 Å². The first-order valence-corrected chi connectivity index (χ1v) is 22.8. The van der Waals surface area contributed by atoms with Gasteiger partial charge >= 0.3 is 49.4 Å². The van der Waals surface area contributed by atoms with Crippen LogP contribution in [0.1, 0.15) is 54.9 Å². The molecule has 432 valence electrons. The summed E-state index contributed by atoms with van der Waals surface area (Å²) in [6.07, 6.45) is -49.4. The summed E-state index contributed by atoms with van der Waals surface area (Å²) in [6.45, 7) is 0.289. The minimum absolute atomic E-state index is 0.0839. The SMILES string of the molecule is FC(F)(F)c1cc([B-](c2cc(C(F)(F)F)cc(C(F)(F)F)c2)(c2cc(C(F)(F)F)cc(C(F)(F)F)c2)c2cc(C(F)(F)F)cc(C(F)(F)F)c2)cc(C(F)(F)F)c1.O=C(C[n+]1ccncc1-c1cc2cccccc-2c1)c1ccccc1. The molecule has 1 aromatic heterocycles. The topological polar surface area (TPSA) is 33.8 Å². The Kier molecular flexibility index (Phi) is 16.3. The van der Waals surface area contributed by atoms with Gasteiger partial charge in [0.25, 0.3) is 0 Å². The number of benzene rings is 5. The molecule has 0 atom stereocenters. The average Bonchev–Trinajstić information content (AvgIpc) is 1.58. The number of aromatic nitrogens is 2. The molecule has 0 unspecified atom stereocenters. The summed E-state index contributed by atoms with van der Waals surface area (Å²) in [5.41, 5.74) is -25.1. The molecule has 28 heteroatoms. The van der Waals surface area contributed by atoms with E-state index in [1.54, 1.807) is 6.20 Å². The largest absolute Gasteiger partial charge is 0.416 e. The number of fused-ring (bicyclic) bond motifs is 1. The molecule has 0 N–H and O–H groups in total. The van der Waals surface area contributed by atoms with Crippen LogP contribution in [0.5, 0.6) is 0 Å². The lowest BCUT2D eigenvalue weighted by atomic mass is 9.12. The summed E-state index contributed by atoms with van der Waals surface area (Å²) in [5.74, 6) is 0.0839. The van der Waals surface area contributed by atoms with Gasteiger partial charge in [0, 0.05) is 11.1 Å². The Morgan fingerprint density at radius 1 is 0.354 bits per heavy atom. The van der Waals surface area contributed by atoms with Crippen molar-refractivity contribution in [2.24, 2.45) is 0 Å². The number of Topliss-reactive ketones (excluding diaryl/α,β-unsaturated/α-hetero) is 1. The molecule has 0 saturated carbocycles. The van der Waals surface area contributed by atoms with Crippen molar-refractivity contribution in [1.29, 1.82) is 0 Å². The van der Waals surface area contributed by atoms with Crippen LogP contribution >= 0.6 is 0 Å². The first-order chi connectivity index (χ1) is 37.6. The smallest absolute Gasteiger partial charge is 0.287 e. The maximum Gasteiger partial charge on any atom is 0.416 e. The van der Waals surface area contributed by atoms with E-state index >= 15 is 0 Å². The molecule has 0 amide bonds. The number of alkyl halides is 24. The van der Waals surface area contributed by atoms with Crippen LogP contribution in [0.25, 0.3) is 22.4 Å². The number of ketones is 1. The number of rotatable bonds is 8. The highest BCUT2D eigenvalue weighted by Gasteiger charge is 2.47. The zero-order valence-electron chi connectivity index (χ0n) is 40.2. The molecule has 0 radical (unpaired) electrons. The molecule has 8 rings (SSSR count). The molecule has 2 aliphatic rings. The normalized spacial score (nSPS) is 13.2. The fraction of sp³-hybridized carbons (Fsp3) is 0.167. The molecule has 2 aliphatic carbocycles.